The summed E-state index contributed by atoms with van der Waals surface area (Å²) in [6.07, 6.45) is 7.81. The zero-order valence-electron chi connectivity index (χ0n) is 28.8. The fourth-order valence-electron chi connectivity index (χ4n) is 5.48. The summed E-state index contributed by atoms with van der Waals surface area (Å²) >= 11 is 0. The molecule has 0 aromatic carbocycles. The van der Waals surface area contributed by atoms with Crippen LogP contribution in [0.5, 0.6) is 0 Å². The van der Waals surface area contributed by atoms with Crippen molar-refractivity contribution in [2.24, 2.45) is 0 Å². The molecule has 0 unspecified atom stereocenters. The van der Waals surface area contributed by atoms with Gasteiger partial charge >= 0.3 is 0 Å². The van der Waals surface area contributed by atoms with E-state index < -0.39 is 11.1 Å². The standard InChI is InChI=1S/C40H50N2O2/c1-25(2)29-15-13-27(5)37-31(19-33(35(37)21-29)23-41(43)39(7,8)9)17-18-32-20-34(24-42(44)40(10,11)12)36-22-30(26(3)4)16-14-28(6)38(32)36/h13-26H,1-12H3/b18-17+,41-23-,42-24-. The molecule has 4 nitrogen and oxygen atoms in total. The van der Waals surface area contributed by atoms with Crippen LogP contribution in [-0.4, -0.2) is 33.0 Å². The van der Waals surface area contributed by atoms with Gasteiger partial charge in [0.05, 0.1) is 0 Å². The van der Waals surface area contributed by atoms with Gasteiger partial charge in [-0.2, -0.15) is 0 Å². The molecule has 44 heavy (non-hydrogen) atoms. The Morgan fingerprint density at radius 1 is 0.545 bits per heavy atom. The van der Waals surface area contributed by atoms with Gasteiger partial charge in [-0.15, -0.1) is 0 Å². The lowest BCUT2D eigenvalue weighted by Gasteiger charge is -2.18. The fourth-order valence-corrected chi connectivity index (χ4v) is 5.48. The van der Waals surface area contributed by atoms with Crippen LogP contribution in [0.25, 0.3) is 34.4 Å². The normalized spacial score (nSPS) is 13.8. The van der Waals surface area contributed by atoms with Crippen molar-refractivity contribution >= 4 is 24.6 Å². The fraction of sp³-hybridized carbons (Fsp3) is 0.400. The predicted octanol–water partition coefficient (Wildman–Crippen LogP) is 10.4. The van der Waals surface area contributed by atoms with Crippen LogP contribution in [0, 0.1) is 24.3 Å². The zero-order chi connectivity index (χ0) is 32.7. The molecule has 0 N–H and O–H groups in total. The van der Waals surface area contributed by atoms with Gasteiger partial charge in [-0.05, 0) is 93.5 Å². The number of hydrogen-bond acceptors (Lipinski definition) is 2. The molecule has 0 aromatic heterocycles. The summed E-state index contributed by atoms with van der Waals surface area (Å²) in [6.45, 7) is 24.6. The highest BCUT2D eigenvalue weighted by atomic mass is 16.5. The van der Waals surface area contributed by atoms with Crippen molar-refractivity contribution in [3.63, 3.8) is 0 Å². The van der Waals surface area contributed by atoms with E-state index >= 15 is 0 Å². The molecule has 4 heteroatoms. The third-order valence-electron chi connectivity index (χ3n) is 8.43. The van der Waals surface area contributed by atoms with E-state index in [0.717, 1.165) is 65.1 Å². The maximum Gasteiger partial charge on any atom is 0.182 e. The van der Waals surface area contributed by atoms with Gasteiger partial charge in [-0.3, -0.25) is 0 Å². The van der Waals surface area contributed by atoms with Crippen LogP contribution in [0.15, 0.2) is 48.5 Å². The molecule has 0 aromatic rings. The van der Waals surface area contributed by atoms with Crippen molar-refractivity contribution < 1.29 is 9.48 Å². The lowest BCUT2D eigenvalue weighted by atomic mass is 9.99. The quantitative estimate of drug-likeness (QED) is 0.0971. The molecule has 0 radical (unpaired) electrons. The van der Waals surface area contributed by atoms with Gasteiger partial charge in [0, 0.05) is 52.7 Å². The van der Waals surface area contributed by atoms with Crippen molar-refractivity contribution in [1.82, 2.24) is 0 Å². The van der Waals surface area contributed by atoms with E-state index in [9.17, 15) is 10.4 Å². The molecule has 4 aliphatic rings. The largest absolute Gasteiger partial charge is 0.623 e. The molecule has 232 valence electrons. The second kappa shape index (κ2) is 12.2. The SMILES string of the molecule is Cc1ccc(C(C)C)cc2c(/C=[N+](\[O-])C(C)(C)C)cc(/C=C/c3cc(/C=[N+](\[O-])C(C)(C)C)c4cc(C(C)C)ccc(C)c3-4)c1-2. The van der Waals surface area contributed by atoms with Crippen LogP contribution >= 0.6 is 0 Å². The first-order chi connectivity index (χ1) is 20.4. The third-order valence-corrected chi connectivity index (χ3v) is 8.43. The van der Waals surface area contributed by atoms with Crippen LogP contribution in [0.1, 0.15) is 126 Å². The molecule has 4 aliphatic carbocycles. The second-order valence-corrected chi connectivity index (χ2v) is 14.9. The molecule has 0 saturated heterocycles. The summed E-state index contributed by atoms with van der Waals surface area (Å²) in [5.74, 6) is 0.715. The second-order valence-electron chi connectivity index (χ2n) is 14.9. The Morgan fingerprint density at radius 3 is 1.18 bits per heavy atom. The van der Waals surface area contributed by atoms with Crippen molar-refractivity contribution in [1.29, 1.82) is 0 Å². The van der Waals surface area contributed by atoms with Crippen LogP contribution in [0.3, 0.4) is 0 Å². The van der Waals surface area contributed by atoms with Gasteiger partial charge < -0.3 is 10.4 Å². The molecular weight excluding hydrogens is 540 g/mol. The Balaban J connectivity index is 1.97. The molecule has 0 bridgehead atoms. The molecule has 0 atom stereocenters. The monoisotopic (exact) mass is 590 g/mol. The molecule has 4 rings (SSSR count). The Morgan fingerprint density at radius 2 is 0.886 bits per heavy atom. The smallest absolute Gasteiger partial charge is 0.182 e. The molecule has 0 saturated carbocycles. The van der Waals surface area contributed by atoms with Gasteiger partial charge in [-0.1, -0.05) is 76.2 Å². The van der Waals surface area contributed by atoms with Gasteiger partial charge in [0.1, 0.15) is 0 Å². The van der Waals surface area contributed by atoms with Crippen molar-refractivity contribution in [2.45, 2.75) is 106 Å². The lowest BCUT2D eigenvalue weighted by molar-refractivity contribution is -0.530. The summed E-state index contributed by atoms with van der Waals surface area (Å²) in [4.78, 5) is 0. The Labute approximate surface area is 265 Å². The summed E-state index contributed by atoms with van der Waals surface area (Å²) in [6, 6.07) is 17.5. The average Bonchev–Trinajstić information content (AvgIpc) is 3.27. The predicted molar refractivity (Wildman–Crippen MR) is 190 cm³/mol. The summed E-state index contributed by atoms with van der Waals surface area (Å²) in [7, 11) is 0. The van der Waals surface area contributed by atoms with E-state index in [1.54, 1.807) is 12.4 Å². The van der Waals surface area contributed by atoms with Gasteiger partial charge in [-0.25, -0.2) is 9.48 Å². The number of fused-ring (bicyclic) bond motifs is 2. The first-order valence-corrected chi connectivity index (χ1v) is 15.8. The maximum absolute atomic E-state index is 13.1. The molecule has 0 amide bonds. The maximum atomic E-state index is 13.1. The first-order valence-electron chi connectivity index (χ1n) is 15.8. The van der Waals surface area contributed by atoms with Crippen molar-refractivity contribution in [3.8, 4) is 22.3 Å². The van der Waals surface area contributed by atoms with Crippen LogP contribution < -0.4 is 0 Å². The summed E-state index contributed by atoms with van der Waals surface area (Å²) < 4.78 is 2.11. The lowest BCUT2D eigenvalue weighted by Crippen LogP contribution is -2.29. The minimum Gasteiger partial charge on any atom is -0.623 e. The van der Waals surface area contributed by atoms with E-state index in [1.807, 2.05) is 41.5 Å². The van der Waals surface area contributed by atoms with Crippen molar-refractivity contribution in [2.75, 3.05) is 0 Å². The van der Waals surface area contributed by atoms with E-state index in [0.29, 0.717) is 11.8 Å². The van der Waals surface area contributed by atoms with Crippen LogP contribution in [0.2, 0.25) is 0 Å². The van der Waals surface area contributed by atoms with E-state index in [1.165, 1.54) is 11.1 Å². The van der Waals surface area contributed by atoms with E-state index in [-0.39, 0.29) is 0 Å². The minimum absolute atomic E-state index is 0.358. The molecule has 0 aliphatic heterocycles. The Hall–Kier alpha value is -3.92. The number of hydroxylamine groups is 2. The molecule has 0 fully saturated rings. The number of rotatable bonds is 6. The average molecular weight is 591 g/mol. The van der Waals surface area contributed by atoms with Crippen LogP contribution in [-0.2, 0) is 0 Å². The topological polar surface area (TPSA) is 52.1 Å². The molecule has 0 heterocycles. The van der Waals surface area contributed by atoms with E-state index in [4.69, 9.17) is 0 Å². The van der Waals surface area contributed by atoms with E-state index in [2.05, 4.69) is 102 Å². The molecule has 0 spiro atoms. The van der Waals surface area contributed by atoms with Gasteiger partial charge in [0.15, 0.2) is 23.5 Å². The Kier molecular flexibility index (Phi) is 9.17. The Bertz CT molecular complexity index is 1580. The number of nitrogens with zero attached hydrogens (tertiary/aromatic N) is 2. The number of aryl methyl sites for hydroxylation is 2. The van der Waals surface area contributed by atoms with Gasteiger partial charge in [0.2, 0.25) is 0 Å². The summed E-state index contributed by atoms with van der Waals surface area (Å²) in [5, 5.41) is 26.2. The third kappa shape index (κ3) is 6.90. The highest BCUT2D eigenvalue weighted by Gasteiger charge is 2.24. The first kappa shape index (κ1) is 33.0. The summed E-state index contributed by atoms with van der Waals surface area (Å²) in [5.41, 5.74) is 12.1. The van der Waals surface area contributed by atoms with Gasteiger partial charge in [0.25, 0.3) is 0 Å². The highest BCUT2D eigenvalue weighted by Crippen LogP contribution is 2.40. The minimum atomic E-state index is -0.544. The highest BCUT2D eigenvalue weighted by molar-refractivity contribution is 6.00. The van der Waals surface area contributed by atoms with Crippen LogP contribution in [0.4, 0.5) is 0 Å². The zero-order valence-corrected chi connectivity index (χ0v) is 28.8. The van der Waals surface area contributed by atoms with Crippen molar-refractivity contribution in [3.05, 3.63) is 103 Å². The number of hydrogen-bond donors (Lipinski definition) is 0. The molecular formula is C40H50N2O2.